The van der Waals surface area contributed by atoms with Crippen molar-refractivity contribution in [1.82, 2.24) is 9.27 Å². The second-order valence-electron chi connectivity index (χ2n) is 14.5. The molecule has 3 aromatic rings. The van der Waals surface area contributed by atoms with Crippen molar-refractivity contribution in [3.05, 3.63) is 113 Å². The number of hydrogen-bond donors (Lipinski definition) is 0. The molecule has 58 heavy (non-hydrogen) atoms. The number of ether oxygens (including phenoxy) is 2. The molecule has 1 saturated heterocycles. The molecule has 0 saturated carbocycles. The summed E-state index contributed by atoms with van der Waals surface area (Å²) in [6, 6.07) is 12.0. The lowest BCUT2D eigenvalue weighted by atomic mass is 10.1. The minimum absolute atomic E-state index is 0.0863. The van der Waals surface area contributed by atoms with Gasteiger partial charge in [-0.15, -0.1) is 0 Å². The van der Waals surface area contributed by atoms with Crippen molar-refractivity contribution in [2.45, 2.75) is 97.1 Å². The van der Waals surface area contributed by atoms with Gasteiger partial charge in [-0.1, -0.05) is 104 Å². The van der Waals surface area contributed by atoms with E-state index in [0.29, 0.717) is 17.1 Å². The third-order valence-corrected chi connectivity index (χ3v) is 11.4. The topological polar surface area (TPSA) is 92.3 Å². The third kappa shape index (κ3) is 13.5. The summed E-state index contributed by atoms with van der Waals surface area (Å²) >= 11 is 8.36. The molecule has 2 aromatic carbocycles. The van der Waals surface area contributed by atoms with Crippen LogP contribution in [-0.4, -0.2) is 72.7 Å². The van der Waals surface area contributed by atoms with Crippen LogP contribution in [0.5, 0.6) is 0 Å². The van der Waals surface area contributed by atoms with Crippen molar-refractivity contribution in [1.29, 1.82) is 0 Å². The van der Waals surface area contributed by atoms with E-state index in [1.54, 1.807) is 24.5 Å². The number of aromatic nitrogens is 1. The van der Waals surface area contributed by atoms with Gasteiger partial charge in [-0.05, 0) is 106 Å². The Kier molecular flexibility index (Phi) is 18.8. The largest absolute Gasteiger partial charge is 0.462 e. The Balaban J connectivity index is 1.02. The van der Waals surface area contributed by atoms with E-state index >= 15 is 0 Å². The maximum absolute atomic E-state index is 13.4. The molecule has 1 amide bonds. The van der Waals surface area contributed by atoms with Gasteiger partial charge < -0.3 is 14.4 Å². The van der Waals surface area contributed by atoms with Crippen molar-refractivity contribution >= 4 is 62.6 Å². The monoisotopic (exact) mass is 826 g/mol. The zero-order chi connectivity index (χ0) is 41.0. The molecule has 1 unspecified atom stereocenters. The Bertz CT molecular complexity index is 1940. The molecule has 1 atom stereocenters. The van der Waals surface area contributed by atoms with Gasteiger partial charge in [0.2, 0.25) is 5.91 Å². The van der Waals surface area contributed by atoms with Crippen molar-refractivity contribution in [2.75, 3.05) is 49.1 Å². The predicted molar refractivity (Wildman–Crippen MR) is 239 cm³/mol. The Morgan fingerprint density at radius 1 is 0.862 bits per heavy atom. The predicted octanol–water partition coefficient (Wildman–Crippen LogP) is 10.3. The molecule has 2 aliphatic heterocycles. The molecule has 2 aliphatic rings. The highest BCUT2D eigenvalue weighted by Crippen LogP contribution is 2.36. The highest BCUT2D eigenvalue weighted by molar-refractivity contribution is 7.13. The summed E-state index contributed by atoms with van der Waals surface area (Å²) in [5, 5.41) is 1.71. The number of carbonyl (C=O) groups is 3. The highest BCUT2D eigenvalue weighted by atomic mass is 35.5. The first-order valence-electron chi connectivity index (χ1n) is 21.0. The summed E-state index contributed by atoms with van der Waals surface area (Å²) in [6.45, 7) is 8.36. The smallest absolute Gasteiger partial charge is 0.369 e. The van der Waals surface area contributed by atoms with Crippen LogP contribution in [0.25, 0.3) is 10.1 Å². The molecular formula is C47H59ClN4O5S. The number of fused-ring (bicyclic) bond motifs is 2. The average Bonchev–Trinajstić information content (AvgIpc) is 3.80. The SMILES string of the molecule is CCC=CCC=CCC=CCC=CCC=CCCCCCC(=O)OC(C(=O)OCC)N1C(=O)Cc2cc(CCN3CCN(c4nsc5ccccc45)CC3)c(Cl)cc21. The molecule has 3 heterocycles. The fourth-order valence-electron chi connectivity index (χ4n) is 7.10. The number of nitrogens with zero attached hydrogens (tertiary/aromatic N) is 4. The molecule has 1 aromatic heterocycles. The molecule has 310 valence electrons. The summed E-state index contributed by atoms with van der Waals surface area (Å²) in [4.78, 5) is 45.5. The van der Waals surface area contributed by atoms with Gasteiger partial charge >= 0.3 is 11.9 Å². The van der Waals surface area contributed by atoms with Crippen LogP contribution in [-0.2, 0) is 36.7 Å². The number of amides is 1. The number of rotatable bonds is 23. The van der Waals surface area contributed by atoms with Crippen molar-refractivity contribution in [2.24, 2.45) is 0 Å². The molecule has 0 bridgehead atoms. The lowest BCUT2D eigenvalue weighted by Gasteiger charge is -2.35. The van der Waals surface area contributed by atoms with Crippen LogP contribution in [0.1, 0.15) is 89.2 Å². The first-order chi connectivity index (χ1) is 28.4. The maximum Gasteiger partial charge on any atom is 0.369 e. The van der Waals surface area contributed by atoms with E-state index in [2.05, 4.69) is 95.7 Å². The van der Waals surface area contributed by atoms with Gasteiger partial charge in [0.15, 0.2) is 0 Å². The van der Waals surface area contributed by atoms with Gasteiger partial charge in [0, 0.05) is 49.6 Å². The fraction of sp³-hybridized carbons (Fsp3) is 0.447. The maximum atomic E-state index is 13.4. The van der Waals surface area contributed by atoms with Crippen LogP contribution in [0, 0.1) is 0 Å². The summed E-state index contributed by atoms with van der Waals surface area (Å²) in [7, 11) is 0. The number of benzene rings is 2. The van der Waals surface area contributed by atoms with Crippen LogP contribution < -0.4 is 9.80 Å². The summed E-state index contributed by atoms with van der Waals surface area (Å²) in [5.41, 5.74) is 2.17. The first kappa shape index (κ1) is 44.6. The van der Waals surface area contributed by atoms with Gasteiger partial charge in [0.25, 0.3) is 6.23 Å². The lowest BCUT2D eigenvalue weighted by Crippen LogP contribution is -2.47. The molecule has 0 N–H and O–H groups in total. The third-order valence-electron chi connectivity index (χ3n) is 10.2. The number of anilines is 2. The van der Waals surface area contributed by atoms with Crippen LogP contribution in [0.15, 0.2) is 97.2 Å². The van der Waals surface area contributed by atoms with Gasteiger partial charge in [-0.3, -0.25) is 19.4 Å². The van der Waals surface area contributed by atoms with E-state index in [9.17, 15) is 14.4 Å². The Labute approximate surface area is 353 Å². The minimum Gasteiger partial charge on any atom is -0.462 e. The van der Waals surface area contributed by atoms with E-state index in [4.69, 9.17) is 25.4 Å². The average molecular weight is 828 g/mol. The van der Waals surface area contributed by atoms with E-state index in [1.165, 1.54) is 15.0 Å². The molecule has 0 radical (unpaired) electrons. The standard InChI is InChI=1S/C47H59ClN4O5S/c1-3-5-6-7-8-9-10-11-12-13-14-15-16-17-18-19-20-21-22-27-44(54)57-46(47(55)56-4-2)52-41-36-40(48)37(34-38(41)35-43(52)53)28-29-50-30-32-51(33-31-50)45-39-25-23-24-26-42(39)58-49-45/h5-6,8-9,11-12,14-15,17-18,23-26,34,36,46H,3-4,7,10,13,16,19-22,27-33,35H2,1-2H3. The summed E-state index contributed by atoms with van der Waals surface area (Å²) < 4.78 is 16.9. The van der Waals surface area contributed by atoms with Gasteiger partial charge in [0.1, 0.15) is 5.82 Å². The number of piperazine rings is 1. The number of carbonyl (C=O) groups excluding carboxylic acids is 3. The normalized spacial score (nSPS) is 15.7. The zero-order valence-electron chi connectivity index (χ0n) is 34.2. The fourth-order valence-corrected chi connectivity index (χ4v) is 8.15. The summed E-state index contributed by atoms with van der Waals surface area (Å²) in [6.07, 6.45) is 29.5. The highest BCUT2D eigenvalue weighted by Gasteiger charge is 2.41. The minimum atomic E-state index is -1.50. The van der Waals surface area contributed by atoms with Gasteiger partial charge in [-0.2, -0.15) is 4.37 Å². The van der Waals surface area contributed by atoms with Crippen LogP contribution >= 0.6 is 23.1 Å². The van der Waals surface area contributed by atoms with E-state index in [0.717, 1.165) is 107 Å². The molecule has 9 nitrogen and oxygen atoms in total. The lowest BCUT2D eigenvalue weighted by molar-refractivity contribution is -0.168. The summed E-state index contributed by atoms with van der Waals surface area (Å²) in [5.74, 6) is -0.590. The Morgan fingerprint density at radius 3 is 2.22 bits per heavy atom. The Hall–Kier alpha value is -4.51. The number of allylic oxidation sites excluding steroid dienone is 10. The van der Waals surface area contributed by atoms with E-state index in [-0.39, 0.29) is 25.4 Å². The molecular weight excluding hydrogens is 768 g/mol. The molecule has 5 rings (SSSR count). The van der Waals surface area contributed by atoms with Crippen LogP contribution in [0.4, 0.5) is 11.5 Å². The molecule has 1 fully saturated rings. The van der Waals surface area contributed by atoms with E-state index < -0.39 is 18.2 Å². The van der Waals surface area contributed by atoms with Crippen LogP contribution in [0.3, 0.4) is 0 Å². The quantitative estimate of drug-likeness (QED) is 0.0530. The molecule has 11 heteroatoms. The van der Waals surface area contributed by atoms with E-state index in [1.807, 2.05) is 12.1 Å². The van der Waals surface area contributed by atoms with Crippen molar-refractivity contribution < 1.29 is 23.9 Å². The second kappa shape index (κ2) is 24.4. The number of hydrogen-bond acceptors (Lipinski definition) is 9. The van der Waals surface area contributed by atoms with Crippen LogP contribution in [0.2, 0.25) is 5.02 Å². The van der Waals surface area contributed by atoms with Crippen molar-refractivity contribution in [3.63, 3.8) is 0 Å². The van der Waals surface area contributed by atoms with Gasteiger partial charge in [-0.25, -0.2) is 4.79 Å². The van der Waals surface area contributed by atoms with Crippen molar-refractivity contribution in [3.8, 4) is 0 Å². The Morgan fingerprint density at radius 2 is 1.53 bits per heavy atom. The zero-order valence-corrected chi connectivity index (χ0v) is 35.7. The first-order valence-corrected chi connectivity index (χ1v) is 22.1. The molecule has 0 aliphatic carbocycles. The number of unbranched alkanes of at least 4 members (excludes halogenated alkanes) is 3. The number of esters is 2. The van der Waals surface area contributed by atoms with Gasteiger partial charge in [0.05, 0.1) is 23.4 Å². The second-order valence-corrected chi connectivity index (χ2v) is 15.7. The number of halogens is 1. The molecule has 0 spiro atoms.